The Kier molecular flexibility index (Phi) is 5.49. The SMILES string of the molecule is CCCNC(C1CCOC2(CCC2)C1)C(C)(CC)OC. The van der Waals surface area contributed by atoms with Crippen molar-refractivity contribution in [2.45, 2.75) is 83.0 Å². The Morgan fingerprint density at radius 2 is 2.15 bits per heavy atom. The van der Waals surface area contributed by atoms with Gasteiger partial charge < -0.3 is 14.8 Å². The summed E-state index contributed by atoms with van der Waals surface area (Å²) in [5.41, 5.74) is 0.152. The molecule has 118 valence electrons. The molecule has 2 aliphatic rings. The third kappa shape index (κ3) is 3.20. The van der Waals surface area contributed by atoms with E-state index >= 15 is 0 Å². The summed E-state index contributed by atoms with van der Waals surface area (Å²) in [5, 5.41) is 3.79. The maximum absolute atomic E-state index is 6.10. The second-order valence-corrected chi connectivity index (χ2v) is 6.94. The fourth-order valence-electron chi connectivity index (χ4n) is 3.94. The molecule has 3 nitrogen and oxygen atoms in total. The smallest absolute Gasteiger partial charge is 0.0803 e. The molecule has 3 heteroatoms. The standard InChI is InChI=1S/C17H33NO2/c1-5-11-18-15(16(3,6-2)19-4)14-8-12-20-17(13-14)9-7-10-17/h14-15,18H,5-13H2,1-4H3. The number of rotatable bonds is 7. The average Bonchev–Trinajstić information content (AvgIpc) is 2.46. The van der Waals surface area contributed by atoms with Crippen LogP contribution in [0.15, 0.2) is 0 Å². The fraction of sp³-hybridized carbons (Fsp3) is 1.00. The van der Waals surface area contributed by atoms with E-state index in [9.17, 15) is 0 Å². The van der Waals surface area contributed by atoms with Crippen molar-refractivity contribution in [2.24, 2.45) is 5.92 Å². The molecule has 3 unspecified atom stereocenters. The van der Waals surface area contributed by atoms with Crippen LogP contribution in [0.5, 0.6) is 0 Å². The van der Waals surface area contributed by atoms with Crippen molar-refractivity contribution in [1.29, 1.82) is 0 Å². The Hall–Kier alpha value is -0.120. The molecule has 0 amide bonds. The van der Waals surface area contributed by atoms with E-state index in [1.165, 1.54) is 38.5 Å². The van der Waals surface area contributed by atoms with Crippen molar-refractivity contribution >= 4 is 0 Å². The van der Waals surface area contributed by atoms with E-state index < -0.39 is 0 Å². The summed E-state index contributed by atoms with van der Waals surface area (Å²) in [7, 11) is 1.86. The highest BCUT2D eigenvalue weighted by molar-refractivity contribution is 5.01. The minimum Gasteiger partial charge on any atom is -0.377 e. The maximum atomic E-state index is 6.10. The van der Waals surface area contributed by atoms with Crippen molar-refractivity contribution in [3.63, 3.8) is 0 Å². The summed E-state index contributed by atoms with van der Waals surface area (Å²) in [6.07, 6.45) is 8.48. The first kappa shape index (κ1) is 16.3. The molecule has 0 aromatic carbocycles. The molecule has 1 N–H and O–H groups in total. The quantitative estimate of drug-likeness (QED) is 0.775. The summed E-state index contributed by atoms with van der Waals surface area (Å²) < 4.78 is 12.0. The van der Waals surface area contributed by atoms with E-state index in [0.29, 0.717) is 12.0 Å². The van der Waals surface area contributed by atoms with Crippen LogP contribution in [0, 0.1) is 5.92 Å². The first-order valence-electron chi connectivity index (χ1n) is 8.51. The average molecular weight is 283 g/mol. The highest BCUT2D eigenvalue weighted by atomic mass is 16.5. The topological polar surface area (TPSA) is 30.5 Å². The highest BCUT2D eigenvalue weighted by Crippen LogP contribution is 2.46. The Labute approximate surface area is 124 Å². The van der Waals surface area contributed by atoms with Gasteiger partial charge in [-0.2, -0.15) is 0 Å². The van der Waals surface area contributed by atoms with Crippen LogP contribution in [0.3, 0.4) is 0 Å². The van der Waals surface area contributed by atoms with Gasteiger partial charge in [-0.25, -0.2) is 0 Å². The zero-order valence-electron chi connectivity index (χ0n) is 13.8. The lowest BCUT2D eigenvalue weighted by Gasteiger charge is -2.51. The largest absolute Gasteiger partial charge is 0.377 e. The molecule has 1 spiro atoms. The number of hydrogen-bond acceptors (Lipinski definition) is 3. The predicted octanol–water partition coefficient (Wildman–Crippen LogP) is 3.52. The Bertz CT molecular complexity index is 297. The van der Waals surface area contributed by atoms with Gasteiger partial charge in [-0.15, -0.1) is 0 Å². The minimum atomic E-state index is -0.0673. The van der Waals surface area contributed by atoms with Crippen LogP contribution in [0.1, 0.15) is 65.7 Å². The van der Waals surface area contributed by atoms with E-state index in [1.807, 2.05) is 7.11 Å². The molecule has 1 heterocycles. The van der Waals surface area contributed by atoms with Crippen LogP contribution in [0.25, 0.3) is 0 Å². The van der Waals surface area contributed by atoms with Gasteiger partial charge in [-0.05, 0) is 64.3 Å². The Morgan fingerprint density at radius 1 is 1.40 bits per heavy atom. The number of methoxy groups -OCH3 is 1. The van der Waals surface area contributed by atoms with Crippen molar-refractivity contribution in [1.82, 2.24) is 5.32 Å². The molecule has 1 aliphatic heterocycles. The highest BCUT2D eigenvalue weighted by Gasteiger charge is 2.47. The summed E-state index contributed by atoms with van der Waals surface area (Å²) in [6, 6.07) is 0.443. The van der Waals surface area contributed by atoms with E-state index in [0.717, 1.165) is 19.6 Å². The zero-order valence-corrected chi connectivity index (χ0v) is 13.8. The lowest BCUT2D eigenvalue weighted by Crippen LogP contribution is -2.58. The lowest BCUT2D eigenvalue weighted by atomic mass is 9.68. The molecule has 0 aromatic rings. The van der Waals surface area contributed by atoms with Crippen LogP contribution in [-0.4, -0.2) is 37.5 Å². The summed E-state index contributed by atoms with van der Waals surface area (Å²) in [4.78, 5) is 0. The lowest BCUT2D eigenvalue weighted by molar-refractivity contribution is -0.159. The molecular weight excluding hydrogens is 250 g/mol. The van der Waals surface area contributed by atoms with Gasteiger partial charge in [0, 0.05) is 19.8 Å². The molecule has 0 bridgehead atoms. The predicted molar refractivity (Wildman–Crippen MR) is 83.0 cm³/mol. The zero-order chi connectivity index (χ0) is 14.6. The molecule has 1 aliphatic carbocycles. The second-order valence-electron chi connectivity index (χ2n) is 6.94. The van der Waals surface area contributed by atoms with Crippen molar-refractivity contribution in [2.75, 3.05) is 20.3 Å². The van der Waals surface area contributed by atoms with Gasteiger partial charge >= 0.3 is 0 Å². The van der Waals surface area contributed by atoms with Gasteiger partial charge in [-0.1, -0.05) is 13.8 Å². The van der Waals surface area contributed by atoms with Crippen molar-refractivity contribution < 1.29 is 9.47 Å². The van der Waals surface area contributed by atoms with Gasteiger partial charge in [0.25, 0.3) is 0 Å². The molecule has 2 fully saturated rings. The van der Waals surface area contributed by atoms with E-state index in [2.05, 4.69) is 26.1 Å². The normalized spacial score (nSPS) is 29.7. The Balaban J connectivity index is 2.08. The number of ether oxygens (including phenoxy) is 2. The number of hydrogen-bond donors (Lipinski definition) is 1. The minimum absolute atomic E-state index is 0.0673. The molecule has 2 rings (SSSR count). The van der Waals surface area contributed by atoms with Gasteiger partial charge in [0.1, 0.15) is 0 Å². The Morgan fingerprint density at radius 3 is 2.65 bits per heavy atom. The third-order valence-corrected chi connectivity index (χ3v) is 5.71. The van der Waals surface area contributed by atoms with Gasteiger partial charge in [0.2, 0.25) is 0 Å². The molecule has 20 heavy (non-hydrogen) atoms. The summed E-state index contributed by atoms with van der Waals surface area (Å²) in [5.74, 6) is 0.681. The van der Waals surface area contributed by atoms with Crippen LogP contribution in [0.2, 0.25) is 0 Å². The summed E-state index contributed by atoms with van der Waals surface area (Å²) >= 11 is 0. The van der Waals surface area contributed by atoms with Crippen molar-refractivity contribution in [3.8, 4) is 0 Å². The molecular formula is C17H33NO2. The van der Waals surface area contributed by atoms with Gasteiger partial charge in [0.05, 0.1) is 11.2 Å². The van der Waals surface area contributed by atoms with Gasteiger partial charge in [0.15, 0.2) is 0 Å². The summed E-state index contributed by atoms with van der Waals surface area (Å²) in [6.45, 7) is 8.75. The fourth-order valence-corrected chi connectivity index (χ4v) is 3.94. The first-order valence-corrected chi connectivity index (χ1v) is 8.51. The van der Waals surface area contributed by atoms with Crippen LogP contribution in [0.4, 0.5) is 0 Å². The van der Waals surface area contributed by atoms with Crippen LogP contribution in [-0.2, 0) is 9.47 Å². The van der Waals surface area contributed by atoms with E-state index in [1.54, 1.807) is 0 Å². The molecule has 0 radical (unpaired) electrons. The monoisotopic (exact) mass is 283 g/mol. The maximum Gasteiger partial charge on any atom is 0.0803 e. The van der Waals surface area contributed by atoms with Crippen LogP contribution < -0.4 is 5.32 Å². The number of nitrogens with one attached hydrogen (secondary N) is 1. The van der Waals surface area contributed by atoms with E-state index in [4.69, 9.17) is 9.47 Å². The van der Waals surface area contributed by atoms with E-state index in [-0.39, 0.29) is 11.2 Å². The van der Waals surface area contributed by atoms with Gasteiger partial charge in [-0.3, -0.25) is 0 Å². The van der Waals surface area contributed by atoms with Crippen molar-refractivity contribution in [3.05, 3.63) is 0 Å². The van der Waals surface area contributed by atoms with Crippen LogP contribution >= 0.6 is 0 Å². The molecule has 1 saturated carbocycles. The second kappa shape index (κ2) is 6.76. The molecule has 0 aromatic heterocycles. The first-order chi connectivity index (χ1) is 9.59. The molecule has 1 saturated heterocycles. The molecule has 3 atom stereocenters. The third-order valence-electron chi connectivity index (χ3n) is 5.71.